The van der Waals surface area contributed by atoms with Crippen LogP contribution in [-0.4, -0.2) is 17.3 Å². The third-order valence-corrected chi connectivity index (χ3v) is 3.58. The van der Waals surface area contributed by atoms with Crippen LogP contribution in [0.2, 0.25) is 0 Å². The van der Waals surface area contributed by atoms with Crippen molar-refractivity contribution in [1.29, 1.82) is 0 Å². The van der Waals surface area contributed by atoms with Gasteiger partial charge in [-0.2, -0.15) is 0 Å². The van der Waals surface area contributed by atoms with Gasteiger partial charge in [0.1, 0.15) is 0 Å². The highest BCUT2D eigenvalue weighted by Gasteiger charge is 2.18. The highest BCUT2D eigenvalue weighted by atomic mass is 32.1. The Kier molecular flexibility index (Phi) is 4.11. The van der Waals surface area contributed by atoms with Gasteiger partial charge in [-0.05, 0) is 31.7 Å². The standard InChI is InChI=1S/C11H19NOS/c1-4-11(3,13)8-12-9(2)10-6-5-7-14-10/h5-7,9,12-13H,4,8H2,1-3H3/t9-,11?/m0/s1. The Balaban J connectivity index is 2.39. The molecule has 1 aromatic heterocycles. The molecule has 80 valence electrons. The summed E-state index contributed by atoms with van der Waals surface area (Å²) in [6, 6.07) is 4.49. The molecule has 0 amide bonds. The van der Waals surface area contributed by atoms with Crippen molar-refractivity contribution in [2.75, 3.05) is 6.54 Å². The molecule has 0 aliphatic heterocycles. The van der Waals surface area contributed by atoms with Crippen molar-refractivity contribution in [2.45, 2.75) is 38.8 Å². The molecule has 1 aromatic rings. The third kappa shape index (κ3) is 3.40. The Bertz CT molecular complexity index is 256. The predicted molar refractivity (Wildman–Crippen MR) is 61.7 cm³/mol. The molecule has 0 bridgehead atoms. The first-order valence-electron chi connectivity index (χ1n) is 5.04. The zero-order valence-corrected chi connectivity index (χ0v) is 9.90. The van der Waals surface area contributed by atoms with E-state index in [1.807, 2.05) is 13.8 Å². The second-order valence-corrected chi connectivity index (χ2v) is 4.95. The van der Waals surface area contributed by atoms with E-state index in [2.05, 4.69) is 29.8 Å². The first-order chi connectivity index (χ1) is 6.55. The first-order valence-corrected chi connectivity index (χ1v) is 5.92. The molecule has 1 rings (SSSR count). The van der Waals surface area contributed by atoms with Crippen LogP contribution in [0.1, 0.15) is 38.1 Å². The Morgan fingerprint density at radius 2 is 2.36 bits per heavy atom. The van der Waals surface area contributed by atoms with Gasteiger partial charge in [-0.15, -0.1) is 11.3 Å². The van der Waals surface area contributed by atoms with Gasteiger partial charge in [-0.25, -0.2) is 0 Å². The van der Waals surface area contributed by atoms with Crippen LogP contribution in [0.15, 0.2) is 17.5 Å². The molecule has 3 heteroatoms. The lowest BCUT2D eigenvalue weighted by molar-refractivity contribution is 0.0535. The number of hydrogen-bond acceptors (Lipinski definition) is 3. The van der Waals surface area contributed by atoms with Gasteiger partial charge in [0.25, 0.3) is 0 Å². The van der Waals surface area contributed by atoms with Crippen molar-refractivity contribution in [2.24, 2.45) is 0 Å². The number of hydrogen-bond donors (Lipinski definition) is 2. The van der Waals surface area contributed by atoms with Crippen molar-refractivity contribution in [3.05, 3.63) is 22.4 Å². The zero-order valence-electron chi connectivity index (χ0n) is 9.08. The van der Waals surface area contributed by atoms with E-state index < -0.39 is 5.60 Å². The van der Waals surface area contributed by atoms with Crippen molar-refractivity contribution in [1.82, 2.24) is 5.32 Å². The third-order valence-electron chi connectivity index (χ3n) is 2.52. The van der Waals surface area contributed by atoms with Gasteiger partial charge < -0.3 is 10.4 Å². The lowest BCUT2D eigenvalue weighted by atomic mass is 10.0. The van der Waals surface area contributed by atoms with Crippen LogP contribution in [0, 0.1) is 0 Å². The van der Waals surface area contributed by atoms with Crippen LogP contribution in [0.5, 0.6) is 0 Å². The average molecular weight is 213 g/mol. The Morgan fingerprint density at radius 3 is 2.86 bits per heavy atom. The van der Waals surface area contributed by atoms with Crippen molar-refractivity contribution in [3.8, 4) is 0 Å². The lowest BCUT2D eigenvalue weighted by Crippen LogP contribution is -2.38. The van der Waals surface area contributed by atoms with E-state index in [1.54, 1.807) is 11.3 Å². The number of nitrogens with one attached hydrogen (secondary N) is 1. The molecular formula is C11H19NOS. The quantitative estimate of drug-likeness (QED) is 0.788. The molecule has 1 heterocycles. The maximum Gasteiger partial charge on any atom is 0.0741 e. The maximum atomic E-state index is 9.81. The number of thiophene rings is 1. The summed E-state index contributed by atoms with van der Waals surface area (Å²) in [5.41, 5.74) is -0.592. The molecule has 0 saturated carbocycles. The number of rotatable bonds is 5. The van der Waals surface area contributed by atoms with Gasteiger partial charge in [0.05, 0.1) is 5.60 Å². The minimum atomic E-state index is -0.592. The minimum Gasteiger partial charge on any atom is -0.389 e. The fourth-order valence-electron chi connectivity index (χ4n) is 1.14. The molecule has 0 fully saturated rings. The summed E-state index contributed by atoms with van der Waals surface area (Å²) in [6.45, 7) is 6.62. The average Bonchev–Trinajstić information content (AvgIpc) is 2.67. The van der Waals surface area contributed by atoms with Gasteiger partial charge in [-0.3, -0.25) is 0 Å². The molecule has 1 unspecified atom stereocenters. The zero-order chi connectivity index (χ0) is 10.6. The SMILES string of the molecule is CCC(C)(O)CN[C@@H](C)c1cccs1. The maximum absolute atomic E-state index is 9.81. The Morgan fingerprint density at radius 1 is 1.64 bits per heavy atom. The van der Waals surface area contributed by atoms with Crippen molar-refractivity contribution < 1.29 is 5.11 Å². The van der Waals surface area contributed by atoms with E-state index >= 15 is 0 Å². The predicted octanol–water partition coefficient (Wildman–Crippen LogP) is 2.56. The lowest BCUT2D eigenvalue weighted by Gasteiger charge is -2.24. The Hall–Kier alpha value is -0.380. The largest absolute Gasteiger partial charge is 0.389 e. The van der Waals surface area contributed by atoms with Crippen molar-refractivity contribution >= 4 is 11.3 Å². The number of aliphatic hydroxyl groups is 1. The summed E-state index contributed by atoms with van der Waals surface area (Å²) in [5, 5.41) is 15.2. The Labute approximate surface area is 90.0 Å². The molecule has 2 nitrogen and oxygen atoms in total. The van der Waals surface area contributed by atoms with Crippen LogP contribution >= 0.6 is 11.3 Å². The molecule has 0 radical (unpaired) electrons. The molecule has 2 N–H and O–H groups in total. The molecule has 0 aliphatic rings. The van der Waals surface area contributed by atoms with Gasteiger partial charge in [0.15, 0.2) is 0 Å². The van der Waals surface area contributed by atoms with Crippen LogP contribution in [0.25, 0.3) is 0 Å². The fourth-order valence-corrected chi connectivity index (χ4v) is 1.90. The molecule has 14 heavy (non-hydrogen) atoms. The second kappa shape index (κ2) is 4.91. The molecular weight excluding hydrogens is 194 g/mol. The normalized spacial score (nSPS) is 17.7. The molecule has 0 spiro atoms. The van der Waals surface area contributed by atoms with E-state index in [4.69, 9.17) is 0 Å². The van der Waals surface area contributed by atoms with E-state index in [0.717, 1.165) is 6.42 Å². The molecule has 0 aromatic carbocycles. The van der Waals surface area contributed by atoms with E-state index in [1.165, 1.54) is 4.88 Å². The van der Waals surface area contributed by atoms with Crippen LogP contribution in [0.3, 0.4) is 0 Å². The van der Waals surface area contributed by atoms with Gasteiger partial charge >= 0.3 is 0 Å². The van der Waals surface area contributed by atoms with Crippen molar-refractivity contribution in [3.63, 3.8) is 0 Å². The molecule has 0 aliphatic carbocycles. The fraction of sp³-hybridized carbons (Fsp3) is 0.636. The summed E-state index contributed by atoms with van der Waals surface area (Å²) in [5.74, 6) is 0. The van der Waals surface area contributed by atoms with Gasteiger partial charge in [-0.1, -0.05) is 13.0 Å². The highest BCUT2D eigenvalue weighted by Crippen LogP contribution is 2.19. The van der Waals surface area contributed by atoms with Gasteiger partial charge in [0, 0.05) is 17.5 Å². The van der Waals surface area contributed by atoms with E-state index in [9.17, 15) is 5.11 Å². The monoisotopic (exact) mass is 213 g/mol. The summed E-state index contributed by atoms with van der Waals surface area (Å²) in [7, 11) is 0. The van der Waals surface area contributed by atoms with Crippen LogP contribution in [-0.2, 0) is 0 Å². The summed E-state index contributed by atoms with van der Waals surface area (Å²) in [4.78, 5) is 1.32. The van der Waals surface area contributed by atoms with Gasteiger partial charge in [0.2, 0.25) is 0 Å². The van der Waals surface area contributed by atoms with E-state index in [-0.39, 0.29) is 0 Å². The topological polar surface area (TPSA) is 32.3 Å². The summed E-state index contributed by atoms with van der Waals surface area (Å²) < 4.78 is 0. The summed E-state index contributed by atoms with van der Waals surface area (Å²) >= 11 is 1.75. The summed E-state index contributed by atoms with van der Waals surface area (Å²) in [6.07, 6.45) is 0.775. The van der Waals surface area contributed by atoms with Crippen LogP contribution in [0.4, 0.5) is 0 Å². The minimum absolute atomic E-state index is 0.327. The highest BCUT2D eigenvalue weighted by molar-refractivity contribution is 7.10. The van der Waals surface area contributed by atoms with E-state index in [0.29, 0.717) is 12.6 Å². The second-order valence-electron chi connectivity index (χ2n) is 3.97. The molecule has 0 saturated heterocycles. The first kappa shape index (κ1) is 11.7. The molecule has 2 atom stereocenters. The van der Waals surface area contributed by atoms with Crippen LogP contribution < -0.4 is 5.32 Å². The smallest absolute Gasteiger partial charge is 0.0741 e.